The molecule has 0 amide bonds. The van der Waals surface area contributed by atoms with Crippen LogP contribution in [0.15, 0.2) is 24.3 Å². The lowest BCUT2D eigenvalue weighted by molar-refractivity contribution is 0.0440. The van der Waals surface area contributed by atoms with Gasteiger partial charge in [-0.05, 0) is 76.8 Å². The number of rotatable bonds is 46. The lowest BCUT2D eigenvalue weighted by atomic mass is 10.1. The first kappa shape index (κ1) is 56.1. The molecule has 0 saturated carbocycles. The highest BCUT2D eigenvalue weighted by Gasteiger charge is 2.19. The summed E-state index contributed by atoms with van der Waals surface area (Å²) in [6.07, 6.45) is 44.3. The minimum atomic E-state index is -0.429. The van der Waals surface area contributed by atoms with Crippen molar-refractivity contribution < 1.29 is 19.1 Å². The van der Waals surface area contributed by atoms with Crippen LogP contribution < -0.4 is 0 Å². The molecule has 0 aliphatic carbocycles. The monoisotopic (exact) mass is 841 g/mol. The third-order valence-corrected chi connectivity index (χ3v) is 12.4. The number of carbonyl (C=O) groups excluding carboxylic acids is 2. The molecule has 0 heterocycles. The second-order valence-electron chi connectivity index (χ2n) is 18.1. The van der Waals surface area contributed by atoms with Gasteiger partial charge in [0.25, 0.3) is 0 Å². The van der Waals surface area contributed by atoms with E-state index in [4.69, 9.17) is 9.47 Å². The topological polar surface area (TPSA) is 59.1 Å². The Kier molecular flexibility index (Phi) is 40.9. The fourth-order valence-corrected chi connectivity index (χ4v) is 8.45. The number of carbonyl (C=O) groups is 2. The molecular formula is C54H100N2O4. The minimum Gasteiger partial charge on any atom is -0.462 e. The Morgan fingerprint density at radius 2 is 0.550 bits per heavy atom. The van der Waals surface area contributed by atoms with Crippen molar-refractivity contribution in [3.8, 4) is 0 Å². The smallest absolute Gasteiger partial charge is 0.339 e. The van der Waals surface area contributed by atoms with Gasteiger partial charge in [-0.25, -0.2) is 9.59 Å². The first-order chi connectivity index (χ1) is 29.6. The molecular weight excluding hydrogens is 741 g/mol. The zero-order chi connectivity index (χ0) is 43.4. The molecule has 1 aromatic carbocycles. The molecule has 0 bridgehead atoms. The van der Waals surface area contributed by atoms with E-state index in [0.29, 0.717) is 24.3 Å². The fraction of sp³-hybridized carbons (Fsp3) is 0.852. The van der Waals surface area contributed by atoms with Crippen LogP contribution in [0.3, 0.4) is 0 Å². The molecule has 0 aliphatic rings. The Balaban J connectivity index is 2.55. The third kappa shape index (κ3) is 33.7. The number of hydrogen-bond donors (Lipinski definition) is 0. The Hall–Kier alpha value is -1.92. The molecule has 0 aliphatic heterocycles. The molecule has 0 saturated heterocycles. The van der Waals surface area contributed by atoms with E-state index in [0.717, 1.165) is 52.1 Å². The van der Waals surface area contributed by atoms with Crippen molar-refractivity contribution in [1.29, 1.82) is 0 Å². The summed E-state index contributed by atoms with van der Waals surface area (Å²) >= 11 is 0. The van der Waals surface area contributed by atoms with Gasteiger partial charge in [-0.3, -0.25) is 0 Å². The zero-order valence-corrected chi connectivity index (χ0v) is 40.5. The lowest BCUT2D eigenvalue weighted by Crippen LogP contribution is -2.28. The first-order valence-electron chi connectivity index (χ1n) is 26.4. The lowest BCUT2D eigenvalue weighted by Gasteiger charge is -2.22. The van der Waals surface area contributed by atoms with Crippen LogP contribution >= 0.6 is 0 Å². The van der Waals surface area contributed by atoms with Gasteiger partial charge in [0.2, 0.25) is 0 Å². The van der Waals surface area contributed by atoms with Crippen molar-refractivity contribution in [2.45, 2.75) is 246 Å². The van der Waals surface area contributed by atoms with E-state index in [2.05, 4.69) is 37.5 Å². The predicted molar refractivity (Wildman–Crippen MR) is 260 cm³/mol. The van der Waals surface area contributed by atoms with Crippen molar-refractivity contribution in [3.63, 3.8) is 0 Å². The van der Waals surface area contributed by atoms with Gasteiger partial charge >= 0.3 is 11.9 Å². The Labute approximate surface area is 373 Å². The number of ether oxygens (including phenoxy) is 2. The van der Waals surface area contributed by atoms with Gasteiger partial charge in [0.05, 0.1) is 24.3 Å². The van der Waals surface area contributed by atoms with Gasteiger partial charge in [0, 0.05) is 13.1 Å². The normalized spacial score (nSPS) is 11.6. The van der Waals surface area contributed by atoms with Crippen molar-refractivity contribution >= 4 is 11.9 Å². The molecule has 0 aromatic heterocycles. The molecule has 1 aromatic rings. The molecule has 350 valence electrons. The summed E-state index contributed by atoms with van der Waals surface area (Å²) in [7, 11) is 0. The molecule has 0 radical (unpaired) electrons. The fourth-order valence-electron chi connectivity index (χ4n) is 8.45. The number of benzene rings is 1. The second-order valence-corrected chi connectivity index (χ2v) is 18.1. The summed E-state index contributed by atoms with van der Waals surface area (Å²) in [5, 5.41) is 0. The maximum Gasteiger partial charge on any atom is 0.339 e. The molecule has 6 nitrogen and oxygen atoms in total. The van der Waals surface area contributed by atoms with E-state index >= 15 is 0 Å². The minimum absolute atomic E-state index is 0.309. The van der Waals surface area contributed by atoms with Crippen LogP contribution in [-0.4, -0.2) is 74.2 Å². The highest BCUT2D eigenvalue weighted by molar-refractivity contribution is 6.03. The summed E-state index contributed by atoms with van der Waals surface area (Å²) in [4.78, 5) is 31.8. The summed E-state index contributed by atoms with van der Waals surface area (Å²) < 4.78 is 11.6. The van der Waals surface area contributed by atoms with Crippen molar-refractivity contribution in [2.24, 2.45) is 0 Å². The zero-order valence-electron chi connectivity index (χ0n) is 40.5. The number of hydrogen-bond acceptors (Lipinski definition) is 6. The molecule has 0 atom stereocenters. The maximum atomic E-state index is 13.3. The first-order valence-corrected chi connectivity index (χ1v) is 26.4. The van der Waals surface area contributed by atoms with Crippen LogP contribution in [0.2, 0.25) is 0 Å². The summed E-state index contributed by atoms with van der Waals surface area (Å²) in [5.74, 6) is -0.857. The molecule has 0 N–H and O–H groups in total. The standard InChI is InChI=1S/C54H100N2O4/c1-5-9-13-17-21-25-29-35-43-55(44-36-30-26-22-18-14-10-6-2)47-39-49-59-53(57)51-41-33-34-42-52(51)54(58)60-50-40-48-56(45-37-31-27-23-19-15-11-7-3)46-38-32-28-24-20-16-12-8-4/h33-34,41-42H,5-32,35-40,43-50H2,1-4H3. The van der Waals surface area contributed by atoms with E-state index < -0.39 is 11.9 Å². The van der Waals surface area contributed by atoms with Gasteiger partial charge in [0.15, 0.2) is 0 Å². The molecule has 0 fully saturated rings. The van der Waals surface area contributed by atoms with Gasteiger partial charge in [-0.15, -0.1) is 0 Å². The van der Waals surface area contributed by atoms with Crippen LogP contribution in [0.1, 0.15) is 267 Å². The molecule has 1 rings (SSSR count). The Bertz CT molecular complexity index is 957. The van der Waals surface area contributed by atoms with Crippen LogP contribution in [-0.2, 0) is 9.47 Å². The SMILES string of the molecule is CCCCCCCCCCN(CCCCCCCCCC)CCCOC(=O)c1ccccc1C(=O)OCCCN(CCCCCCCCCC)CCCCCCCCCC. The average molecular weight is 841 g/mol. The second kappa shape index (κ2) is 43.7. The Morgan fingerprint density at radius 3 is 0.800 bits per heavy atom. The maximum absolute atomic E-state index is 13.3. The number of esters is 2. The highest BCUT2D eigenvalue weighted by atomic mass is 16.5. The van der Waals surface area contributed by atoms with Gasteiger partial charge < -0.3 is 19.3 Å². The largest absolute Gasteiger partial charge is 0.462 e. The quantitative estimate of drug-likeness (QED) is 0.0481. The van der Waals surface area contributed by atoms with Crippen LogP contribution in [0.4, 0.5) is 0 Å². The van der Waals surface area contributed by atoms with Crippen molar-refractivity contribution in [3.05, 3.63) is 35.4 Å². The van der Waals surface area contributed by atoms with E-state index in [1.165, 1.54) is 205 Å². The van der Waals surface area contributed by atoms with Crippen LogP contribution in [0.25, 0.3) is 0 Å². The van der Waals surface area contributed by atoms with E-state index in [9.17, 15) is 9.59 Å². The van der Waals surface area contributed by atoms with Crippen LogP contribution in [0.5, 0.6) is 0 Å². The predicted octanol–water partition coefficient (Wildman–Crippen LogP) is 15.9. The molecule has 6 heteroatoms. The van der Waals surface area contributed by atoms with E-state index in [-0.39, 0.29) is 0 Å². The van der Waals surface area contributed by atoms with Crippen molar-refractivity contribution in [1.82, 2.24) is 9.80 Å². The summed E-state index contributed by atoms with van der Waals surface area (Å²) in [6, 6.07) is 7.00. The molecule has 60 heavy (non-hydrogen) atoms. The third-order valence-electron chi connectivity index (χ3n) is 12.4. The van der Waals surface area contributed by atoms with Gasteiger partial charge in [-0.1, -0.05) is 220 Å². The highest BCUT2D eigenvalue weighted by Crippen LogP contribution is 2.16. The van der Waals surface area contributed by atoms with E-state index in [1.807, 2.05) is 0 Å². The number of nitrogens with zero attached hydrogens (tertiary/aromatic N) is 2. The number of unbranched alkanes of at least 4 members (excludes halogenated alkanes) is 28. The summed E-state index contributed by atoms with van der Waals surface area (Å²) in [5.41, 5.74) is 0.617. The van der Waals surface area contributed by atoms with E-state index in [1.54, 1.807) is 24.3 Å². The summed E-state index contributed by atoms with van der Waals surface area (Å²) in [6.45, 7) is 16.3. The average Bonchev–Trinajstić information content (AvgIpc) is 3.26. The van der Waals surface area contributed by atoms with Crippen LogP contribution in [0, 0.1) is 0 Å². The van der Waals surface area contributed by atoms with Gasteiger partial charge in [0.1, 0.15) is 0 Å². The molecule has 0 spiro atoms. The molecule has 0 unspecified atom stereocenters. The Morgan fingerprint density at radius 1 is 0.333 bits per heavy atom. The van der Waals surface area contributed by atoms with Gasteiger partial charge in [-0.2, -0.15) is 0 Å². The van der Waals surface area contributed by atoms with Crippen molar-refractivity contribution in [2.75, 3.05) is 52.5 Å².